The summed E-state index contributed by atoms with van der Waals surface area (Å²) in [6.07, 6.45) is -10.5. The molecule has 6 nitrogen and oxygen atoms in total. The predicted octanol–water partition coefficient (Wildman–Crippen LogP) is 8.19. The minimum absolute atomic E-state index is 0.0218. The van der Waals surface area contributed by atoms with Gasteiger partial charge >= 0.3 is 18.5 Å². The van der Waals surface area contributed by atoms with Gasteiger partial charge in [-0.25, -0.2) is 0 Å². The molecule has 0 saturated carbocycles. The third-order valence-electron chi connectivity index (χ3n) is 7.92. The Kier molecular flexibility index (Phi) is 9.86. The topological polar surface area (TPSA) is 50.1 Å². The number of alkyl halides is 9. The number of nitrogens with zero attached hydrogens (tertiary/aromatic N) is 6. The second-order valence-corrected chi connectivity index (χ2v) is 11.0. The van der Waals surface area contributed by atoms with Crippen LogP contribution in [-0.4, -0.2) is 37.7 Å². The molecular weight excluding hydrogens is 603 g/mol. The van der Waals surface area contributed by atoms with E-state index >= 15 is 0 Å². The maximum Gasteiger partial charge on any atom is 0.416 e. The molecule has 0 N–H and O–H groups in total. The van der Waals surface area contributed by atoms with Crippen LogP contribution >= 0.6 is 0 Å². The smallest absolute Gasteiger partial charge is 0.330 e. The van der Waals surface area contributed by atoms with Crippen molar-refractivity contribution in [2.75, 3.05) is 11.4 Å². The van der Waals surface area contributed by atoms with E-state index in [0.717, 1.165) is 49.2 Å². The van der Waals surface area contributed by atoms with Crippen LogP contribution in [0.1, 0.15) is 85.4 Å². The summed E-state index contributed by atoms with van der Waals surface area (Å²) in [4.78, 5) is 4.56. The van der Waals surface area contributed by atoms with E-state index in [9.17, 15) is 39.5 Å². The minimum Gasteiger partial charge on any atom is -0.330 e. The first kappa shape index (κ1) is 33.5. The fourth-order valence-corrected chi connectivity index (χ4v) is 5.88. The lowest BCUT2D eigenvalue weighted by molar-refractivity contribution is -0.143. The zero-order chi connectivity index (χ0) is 32.4. The van der Waals surface area contributed by atoms with Crippen LogP contribution < -0.4 is 4.90 Å². The maximum absolute atomic E-state index is 13.9. The fraction of sp³-hybridized carbons (Fsp3) is 0.552. The molecule has 44 heavy (non-hydrogen) atoms. The molecule has 2 aromatic carbocycles. The van der Waals surface area contributed by atoms with Gasteiger partial charge in [0.05, 0.1) is 23.7 Å². The van der Waals surface area contributed by atoms with E-state index in [1.165, 1.54) is 18.0 Å². The van der Waals surface area contributed by atoms with E-state index in [1.807, 2.05) is 6.92 Å². The van der Waals surface area contributed by atoms with Gasteiger partial charge < -0.3 is 4.90 Å². The number of benzene rings is 2. The summed E-state index contributed by atoms with van der Waals surface area (Å²) in [5.74, 6) is -0.167. The molecule has 2 heterocycles. The predicted molar refractivity (Wildman–Crippen MR) is 144 cm³/mol. The van der Waals surface area contributed by atoms with E-state index in [4.69, 9.17) is 0 Å². The van der Waals surface area contributed by atoms with Crippen LogP contribution in [0.3, 0.4) is 0 Å². The SMILES string of the molecule is CCC1CCCCN1C(CC)c1ccc(C(F)(F)F)cc1CN(Cc1cc(C(F)(F)F)cc(C(F)(F)F)c1)c1nnn(C)n1. The summed E-state index contributed by atoms with van der Waals surface area (Å²) < 4.78 is 123. The average molecular weight is 637 g/mol. The molecule has 242 valence electrons. The standard InChI is InChI=1S/C29H33F9N6/c1-4-23-8-6-7-11-44(23)25(5-2)24-10-9-20(27(30,31)32)14-19(24)17-43(26-39-41-42(3)40-26)16-18-12-21(28(33,34)35)15-22(13-18)29(36,37)38/h9-10,12-15,23,25H,4-8,11,16-17H2,1-3H3. The molecule has 1 aliphatic rings. The number of likely N-dealkylation sites (tertiary alicyclic amines) is 1. The van der Waals surface area contributed by atoms with Crippen LogP contribution in [0.15, 0.2) is 36.4 Å². The van der Waals surface area contributed by atoms with E-state index in [2.05, 4.69) is 27.2 Å². The molecule has 1 saturated heterocycles. The number of anilines is 1. The van der Waals surface area contributed by atoms with Crippen LogP contribution in [0.4, 0.5) is 45.5 Å². The zero-order valence-corrected chi connectivity index (χ0v) is 24.4. The molecule has 0 bridgehead atoms. The summed E-state index contributed by atoms with van der Waals surface area (Å²) in [6.45, 7) is 3.83. The molecule has 0 radical (unpaired) electrons. The lowest BCUT2D eigenvalue weighted by atomic mass is 9.90. The molecule has 4 rings (SSSR count). The largest absolute Gasteiger partial charge is 0.416 e. The zero-order valence-electron chi connectivity index (χ0n) is 24.4. The monoisotopic (exact) mass is 636 g/mol. The summed E-state index contributed by atoms with van der Waals surface area (Å²) in [5, 5.41) is 11.7. The minimum atomic E-state index is -5.07. The van der Waals surface area contributed by atoms with E-state index in [0.29, 0.717) is 24.1 Å². The van der Waals surface area contributed by atoms with Crippen molar-refractivity contribution in [1.29, 1.82) is 0 Å². The maximum atomic E-state index is 13.9. The number of aryl methyl sites for hydroxylation is 1. The Hall–Kier alpha value is -3.36. The third kappa shape index (κ3) is 7.83. The summed E-state index contributed by atoms with van der Waals surface area (Å²) in [6, 6.07) is 4.54. The number of piperidine rings is 1. The van der Waals surface area contributed by atoms with E-state index < -0.39 is 41.8 Å². The summed E-state index contributed by atoms with van der Waals surface area (Å²) in [7, 11) is 1.41. The van der Waals surface area contributed by atoms with Crippen molar-refractivity contribution in [3.05, 3.63) is 69.8 Å². The Morgan fingerprint density at radius 2 is 1.48 bits per heavy atom. The number of rotatable bonds is 9. The highest BCUT2D eigenvalue weighted by atomic mass is 19.4. The molecule has 1 aromatic heterocycles. The molecule has 2 unspecified atom stereocenters. The van der Waals surface area contributed by atoms with Crippen molar-refractivity contribution in [3.8, 4) is 0 Å². The van der Waals surface area contributed by atoms with Crippen molar-refractivity contribution in [3.63, 3.8) is 0 Å². The molecule has 1 aliphatic heterocycles. The summed E-state index contributed by atoms with van der Waals surface area (Å²) in [5.41, 5.74) is -3.51. The Bertz CT molecular complexity index is 1380. The number of tetrazole rings is 1. The molecule has 1 fully saturated rings. The second kappa shape index (κ2) is 12.9. The van der Waals surface area contributed by atoms with Gasteiger partial charge in [0.1, 0.15) is 0 Å². The Morgan fingerprint density at radius 1 is 0.841 bits per heavy atom. The number of hydrogen-bond donors (Lipinski definition) is 0. The fourth-order valence-electron chi connectivity index (χ4n) is 5.88. The van der Waals surface area contributed by atoms with Crippen molar-refractivity contribution >= 4 is 5.95 Å². The highest BCUT2D eigenvalue weighted by Crippen LogP contribution is 2.39. The second-order valence-electron chi connectivity index (χ2n) is 11.0. The lowest BCUT2D eigenvalue weighted by Crippen LogP contribution is -2.42. The van der Waals surface area contributed by atoms with E-state index in [-0.39, 0.29) is 41.8 Å². The number of aromatic nitrogens is 4. The Balaban J connectivity index is 1.83. The Labute approximate surface area is 248 Å². The normalized spacial score (nSPS) is 17.6. The lowest BCUT2D eigenvalue weighted by Gasteiger charge is -2.42. The highest BCUT2D eigenvalue weighted by molar-refractivity contribution is 5.42. The van der Waals surface area contributed by atoms with Gasteiger partial charge in [-0.1, -0.05) is 31.4 Å². The van der Waals surface area contributed by atoms with Crippen molar-refractivity contribution < 1.29 is 39.5 Å². The number of hydrogen-bond acceptors (Lipinski definition) is 5. The van der Waals surface area contributed by atoms with Crippen LogP contribution in [-0.2, 0) is 38.7 Å². The third-order valence-corrected chi connectivity index (χ3v) is 7.92. The van der Waals surface area contributed by atoms with Gasteiger partial charge in [-0.05, 0) is 84.5 Å². The van der Waals surface area contributed by atoms with Gasteiger partial charge in [-0.2, -0.15) is 44.3 Å². The molecular formula is C29H33F9N6. The molecule has 15 heteroatoms. The first-order valence-corrected chi connectivity index (χ1v) is 14.2. The number of halogens is 9. The molecule has 0 spiro atoms. The van der Waals surface area contributed by atoms with Crippen molar-refractivity contribution in [1.82, 2.24) is 25.1 Å². The van der Waals surface area contributed by atoms with Gasteiger partial charge in [0.15, 0.2) is 0 Å². The van der Waals surface area contributed by atoms with Gasteiger partial charge in [0, 0.05) is 25.2 Å². The molecule has 0 amide bonds. The van der Waals surface area contributed by atoms with Gasteiger partial charge in [-0.3, -0.25) is 4.90 Å². The van der Waals surface area contributed by atoms with Crippen LogP contribution in [0.5, 0.6) is 0 Å². The van der Waals surface area contributed by atoms with Crippen molar-refractivity contribution in [2.24, 2.45) is 7.05 Å². The first-order valence-electron chi connectivity index (χ1n) is 14.2. The quantitative estimate of drug-likeness (QED) is 0.222. The van der Waals surface area contributed by atoms with Gasteiger partial charge in [0.25, 0.3) is 5.95 Å². The van der Waals surface area contributed by atoms with Crippen LogP contribution in [0.2, 0.25) is 0 Å². The van der Waals surface area contributed by atoms with Gasteiger partial charge in [-0.15, -0.1) is 5.10 Å². The Morgan fingerprint density at radius 3 is 2.00 bits per heavy atom. The first-order chi connectivity index (χ1) is 20.5. The molecule has 0 aliphatic carbocycles. The van der Waals surface area contributed by atoms with Crippen molar-refractivity contribution in [2.45, 2.75) is 89.7 Å². The average Bonchev–Trinajstić information content (AvgIpc) is 3.38. The molecule has 3 aromatic rings. The summed E-state index contributed by atoms with van der Waals surface area (Å²) >= 11 is 0. The molecule has 2 atom stereocenters. The highest BCUT2D eigenvalue weighted by Gasteiger charge is 2.38. The van der Waals surface area contributed by atoms with Gasteiger partial charge in [0.2, 0.25) is 0 Å². The van der Waals surface area contributed by atoms with Crippen LogP contribution in [0.25, 0.3) is 0 Å². The van der Waals surface area contributed by atoms with Crippen LogP contribution in [0, 0.1) is 0 Å². The van der Waals surface area contributed by atoms with E-state index in [1.54, 1.807) is 0 Å².